The van der Waals surface area contributed by atoms with E-state index in [1.807, 2.05) is 18.2 Å². The number of halogens is 1. The van der Waals surface area contributed by atoms with E-state index >= 15 is 0 Å². The van der Waals surface area contributed by atoms with Gasteiger partial charge in [-0.05, 0) is 37.6 Å². The molecule has 1 heterocycles. The number of nitrogens with one attached hydrogen (secondary N) is 1. The number of aromatic nitrogens is 1. The molecule has 0 spiro atoms. The minimum absolute atomic E-state index is 0.204. The topological polar surface area (TPSA) is 42.1 Å². The van der Waals surface area contributed by atoms with Crippen LogP contribution in [0.25, 0.3) is 11.3 Å². The van der Waals surface area contributed by atoms with Crippen LogP contribution in [0.15, 0.2) is 36.4 Å². The van der Waals surface area contributed by atoms with Crippen molar-refractivity contribution < 1.29 is 13.9 Å². The van der Waals surface area contributed by atoms with Crippen molar-refractivity contribution in [3.05, 3.63) is 47.9 Å². The molecule has 3 nitrogen and oxygen atoms in total. The van der Waals surface area contributed by atoms with Gasteiger partial charge in [-0.2, -0.15) is 0 Å². The molecule has 0 aliphatic carbocycles. The Morgan fingerprint density at radius 1 is 1.32 bits per heavy atom. The fraction of sp³-hybridized carbons (Fsp3) is 0.267. The van der Waals surface area contributed by atoms with Gasteiger partial charge >= 0.3 is 5.97 Å². The number of esters is 1. The zero-order valence-electron chi connectivity index (χ0n) is 10.8. The molecule has 2 rings (SSSR count). The maximum Gasteiger partial charge on any atom is 0.306 e. The summed E-state index contributed by atoms with van der Waals surface area (Å²) in [5, 5.41) is 0. The molecule has 0 saturated carbocycles. The summed E-state index contributed by atoms with van der Waals surface area (Å²) >= 11 is 0. The predicted octanol–water partition coefficient (Wildman–Crippen LogP) is 3.32. The summed E-state index contributed by atoms with van der Waals surface area (Å²) in [5.41, 5.74) is 2.58. The fourth-order valence-corrected chi connectivity index (χ4v) is 1.88. The van der Waals surface area contributed by atoms with E-state index < -0.39 is 0 Å². The van der Waals surface area contributed by atoms with E-state index in [0.29, 0.717) is 19.4 Å². The van der Waals surface area contributed by atoms with Gasteiger partial charge in [-0.3, -0.25) is 4.79 Å². The van der Waals surface area contributed by atoms with E-state index in [1.165, 1.54) is 12.1 Å². The zero-order valence-corrected chi connectivity index (χ0v) is 10.8. The number of aryl methyl sites for hydroxylation is 1. The summed E-state index contributed by atoms with van der Waals surface area (Å²) in [4.78, 5) is 14.4. The molecule has 4 heteroatoms. The molecule has 0 amide bonds. The fourth-order valence-electron chi connectivity index (χ4n) is 1.88. The SMILES string of the molecule is CCOC(=O)CCc1ccc(-c2cccc(F)c2)[nH]1. The van der Waals surface area contributed by atoms with Gasteiger partial charge in [0.2, 0.25) is 0 Å². The molecule has 0 saturated heterocycles. The number of aromatic amines is 1. The molecule has 1 aromatic carbocycles. The number of rotatable bonds is 5. The lowest BCUT2D eigenvalue weighted by Crippen LogP contribution is -2.05. The van der Waals surface area contributed by atoms with Gasteiger partial charge in [-0.25, -0.2) is 4.39 Å². The van der Waals surface area contributed by atoms with Crippen LogP contribution in [-0.2, 0) is 16.0 Å². The number of carbonyl (C=O) groups is 1. The predicted molar refractivity (Wildman–Crippen MR) is 71.1 cm³/mol. The van der Waals surface area contributed by atoms with Crippen LogP contribution in [0.4, 0.5) is 4.39 Å². The molecule has 19 heavy (non-hydrogen) atoms. The van der Waals surface area contributed by atoms with Gasteiger partial charge in [0, 0.05) is 17.0 Å². The highest BCUT2D eigenvalue weighted by atomic mass is 19.1. The van der Waals surface area contributed by atoms with Gasteiger partial charge in [-0.15, -0.1) is 0 Å². The van der Waals surface area contributed by atoms with Crippen molar-refractivity contribution in [2.75, 3.05) is 6.61 Å². The first kappa shape index (κ1) is 13.3. The van der Waals surface area contributed by atoms with Crippen molar-refractivity contribution >= 4 is 5.97 Å². The second-order valence-corrected chi connectivity index (χ2v) is 4.21. The third-order valence-electron chi connectivity index (χ3n) is 2.79. The minimum Gasteiger partial charge on any atom is -0.466 e. The maximum absolute atomic E-state index is 13.1. The Morgan fingerprint density at radius 3 is 2.89 bits per heavy atom. The van der Waals surface area contributed by atoms with Crippen molar-refractivity contribution in [3.8, 4) is 11.3 Å². The minimum atomic E-state index is -0.264. The van der Waals surface area contributed by atoms with E-state index in [-0.39, 0.29) is 11.8 Å². The van der Waals surface area contributed by atoms with Crippen molar-refractivity contribution in [1.82, 2.24) is 4.98 Å². The van der Waals surface area contributed by atoms with Gasteiger partial charge in [0.05, 0.1) is 13.0 Å². The van der Waals surface area contributed by atoms with E-state index in [0.717, 1.165) is 17.0 Å². The summed E-state index contributed by atoms with van der Waals surface area (Å²) < 4.78 is 18.0. The van der Waals surface area contributed by atoms with Gasteiger partial charge in [0.15, 0.2) is 0 Å². The molecule has 0 fully saturated rings. The van der Waals surface area contributed by atoms with Crippen LogP contribution in [0.1, 0.15) is 19.0 Å². The average molecular weight is 261 g/mol. The first-order chi connectivity index (χ1) is 9.19. The van der Waals surface area contributed by atoms with Gasteiger partial charge < -0.3 is 9.72 Å². The van der Waals surface area contributed by atoms with Crippen LogP contribution in [0.5, 0.6) is 0 Å². The quantitative estimate of drug-likeness (QED) is 0.839. The normalized spacial score (nSPS) is 10.4. The van der Waals surface area contributed by atoms with Gasteiger partial charge in [0.25, 0.3) is 0 Å². The second kappa shape index (κ2) is 6.18. The number of benzene rings is 1. The zero-order chi connectivity index (χ0) is 13.7. The average Bonchev–Trinajstić information content (AvgIpc) is 2.85. The van der Waals surface area contributed by atoms with Crippen molar-refractivity contribution in [2.45, 2.75) is 19.8 Å². The Labute approximate surface area is 111 Å². The number of H-pyrrole nitrogens is 1. The van der Waals surface area contributed by atoms with Crippen molar-refractivity contribution in [1.29, 1.82) is 0 Å². The summed E-state index contributed by atoms with van der Waals surface area (Å²) in [6.07, 6.45) is 0.936. The highest BCUT2D eigenvalue weighted by molar-refractivity contribution is 5.69. The summed E-state index contributed by atoms with van der Waals surface area (Å²) in [6.45, 7) is 2.19. The first-order valence-corrected chi connectivity index (χ1v) is 6.28. The van der Waals surface area contributed by atoms with E-state index in [1.54, 1.807) is 13.0 Å². The summed E-state index contributed by atoms with van der Waals surface area (Å²) in [6, 6.07) is 10.2. The molecular formula is C15H16FNO2. The highest BCUT2D eigenvalue weighted by Crippen LogP contribution is 2.19. The molecule has 0 unspecified atom stereocenters. The third-order valence-corrected chi connectivity index (χ3v) is 2.79. The Kier molecular flexibility index (Phi) is 4.34. The van der Waals surface area contributed by atoms with Crippen LogP contribution >= 0.6 is 0 Å². The van der Waals surface area contributed by atoms with Crippen LogP contribution in [0.3, 0.4) is 0 Å². The number of carbonyl (C=O) groups excluding carboxylic acids is 1. The number of ether oxygens (including phenoxy) is 1. The standard InChI is InChI=1S/C15H16FNO2/c1-2-19-15(18)9-7-13-6-8-14(17-13)11-4-3-5-12(16)10-11/h3-6,8,10,17H,2,7,9H2,1H3. The lowest BCUT2D eigenvalue weighted by Gasteiger charge is -2.01. The number of hydrogen-bond donors (Lipinski definition) is 1. The highest BCUT2D eigenvalue weighted by Gasteiger charge is 2.06. The molecule has 2 aromatic rings. The molecule has 0 radical (unpaired) electrons. The smallest absolute Gasteiger partial charge is 0.306 e. The molecule has 0 aliphatic heterocycles. The molecule has 0 atom stereocenters. The van der Waals surface area contributed by atoms with Gasteiger partial charge in [-0.1, -0.05) is 12.1 Å². The van der Waals surface area contributed by atoms with Crippen molar-refractivity contribution in [2.24, 2.45) is 0 Å². The second-order valence-electron chi connectivity index (χ2n) is 4.21. The molecule has 0 bridgehead atoms. The lowest BCUT2D eigenvalue weighted by molar-refractivity contribution is -0.143. The Bertz CT molecular complexity index is 563. The van der Waals surface area contributed by atoms with E-state index in [4.69, 9.17) is 4.74 Å². The van der Waals surface area contributed by atoms with Crippen LogP contribution in [0, 0.1) is 5.82 Å². The Morgan fingerprint density at radius 2 is 2.16 bits per heavy atom. The number of hydrogen-bond acceptors (Lipinski definition) is 2. The molecule has 1 aromatic heterocycles. The van der Waals surface area contributed by atoms with Crippen molar-refractivity contribution in [3.63, 3.8) is 0 Å². The first-order valence-electron chi connectivity index (χ1n) is 6.28. The Balaban J connectivity index is 2.01. The Hall–Kier alpha value is -2.10. The van der Waals surface area contributed by atoms with Crippen LogP contribution < -0.4 is 0 Å². The molecule has 100 valence electrons. The monoisotopic (exact) mass is 261 g/mol. The molecule has 1 N–H and O–H groups in total. The summed E-state index contributed by atoms with van der Waals surface area (Å²) in [7, 11) is 0. The maximum atomic E-state index is 13.1. The largest absolute Gasteiger partial charge is 0.466 e. The van der Waals surface area contributed by atoms with Crippen LogP contribution in [-0.4, -0.2) is 17.6 Å². The summed E-state index contributed by atoms with van der Waals surface area (Å²) in [5.74, 6) is -0.468. The molecular weight excluding hydrogens is 245 g/mol. The van der Waals surface area contributed by atoms with Gasteiger partial charge in [0.1, 0.15) is 5.82 Å². The lowest BCUT2D eigenvalue weighted by atomic mass is 10.1. The third kappa shape index (κ3) is 3.68. The van der Waals surface area contributed by atoms with E-state index in [9.17, 15) is 9.18 Å². The van der Waals surface area contributed by atoms with Crippen LogP contribution in [0.2, 0.25) is 0 Å². The molecule has 0 aliphatic rings. The van der Waals surface area contributed by atoms with E-state index in [2.05, 4.69) is 4.98 Å².